The summed E-state index contributed by atoms with van der Waals surface area (Å²) in [6.07, 6.45) is 4.19. The predicted octanol–water partition coefficient (Wildman–Crippen LogP) is 7.92. The van der Waals surface area contributed by atoms with Crippen LogP contribution in [0.25, 0.3) is 40.0 Å². The summed E-state index contributed by atoms with van der Waals surface area (Å²) in [4.78, 5) is 17.0. The van der Waals surface area contributed by atoms with Gasteiger partial charge >= 0.3 is 0 Å². The number of nitrogens with one attached hydrogen (secondary N) is 1. The fraction of sp³-hybridized carbons (Fsp3) is 0.133. The molecule has 5 rings (SSSR count). The molecule has 1 N–H and O–H groups in total. The van der Waals surface area contributed by atoms with E-state index in [0.717, 1.165) is 34.4 Å². The lowest BCUT2D eigenvalue weighted by Crippen LogP contribution is -2.07. The maximum atomic E-state index is 12.4. The Morgan fingerprint density at radius 3 is 2.51 bits per heavy atom. The minimum absolute atomic E-state index is 0.241. The lowest BCUT2D eigenvalue weighted by atomic mass is 9.98. The molecule has 0 spiro atoms. The van der Waals surface area contributed by atoms with E-state index in [1.807, 2.05) is 72.8 Å². The van der Waals surface area contributed by atoms with Crippen LogP contribution in [-0.2, 0) is 4.79 Å². The van der Waals surface area contributed by atoms with Gasteiger partial charge in [0.15, 0.2) is 5.58 Å². The number of oxazole rings is 1. The zero-order valence-electron chi connectivity index (χ0n) is 19.7. The molecule has 2 aromatic heterocycles. The van der Waals surface area contributed by atoms with E-state index in [-0.39, 0.29) is 5.91 Å². The largest absolute Gasteiger partial charge is 0.457 e. The number of carbonyl (C=O) groups is 1. The van der Waals surface area contributed by atoms with Crippen molar-refractivity contribution in [2.45, 2.75) is 26.2 Å². The molecule has 0 aliphatic carbocycles. The number of hydrogen-bond donors (Lipinski definition) is 1. The quantitative estimate of drug-likeness (QED) is 0.249. The van der Waals surface area contributed by atoms with Crippen LogP contribution in [0.5, 0.6) is 0 Å². The second kappa shape index (κ2) is 9.85. The van der Waals surface area contributed by atoms with Gasteiger partial charge in [-0.15, -0.1) is 0 Å². The van der Waals surface area contributed by atoms with Crippen molar-refractivity contribution in [1.82, 2.24) is 4.98 Å². The van der Waals surface area contributed by atoms with Crippen LogP contribution in [0.1, 0.15) is 37.5 Å². The van der Waals surface area contributed by atoms with Gasteiger partial charge in [-0.2, -0.15) is 0 Å². The van der Waals surface area contributed by atoms with Crippen molar-refractivity contribution in [3.63, 3.8) is 0 Å². The Morgan fingerprint density at radius 2 is 1.74 bits per heavy atom. The Hall–Kier alpha value is -4.38. The Balaban J connectivity index is 1.24. The molecule has 174 valence electrons. The van der Waals surface area contributed by atoms with E-state index in [9.17, 15) is 4.79 Å². The fourth-order valence-electron chi connectivity index (χ4n) is 3.85. The monoisotopic (exact) mass is 462 g/mol. The van der Waals surface area contributed by atoms with Gasteiger partial charge in [-0.1, -0.05) is 50.2 Å². The van der Waals surface area contributed by atoms with Crippen molar-refractivity contribution in [1.29, 1.82) is 0 Å². The SMILES string of the molecule is CC[C@H](C)c1ccc2oc(-c3ccc(NC(=O)/C=C/c4ccc(-c5ccccc5)o4)cc3)nc2c1. The first-order valence-electron chi connectivity index (χ1n) is 11.7. The van der Waals surface area contributed by atoms with Crippen molar-refractivity contribution in [2.24, 2.45) is 0 Å². The minimum atomic E-state index is -0.241. The molecule has 5 heteroatoms. The van der Waals surface area contributed by atoms with E-state index < -0.39 is 0 Å². The highest BCUT2D eigenvalue weighted by Gasteiger charge is 2.11. The first kappa shape index (κ1) is 22.4. The highest BCUT2D eigenvalue weighted by Crippen LogP contribution is 2.28. The number of carbonyl (C=O) groups excluding carboxylic acids is 1. The molecule has 1 amide bonds. The zero-order chi connectivity index (χ0) is 24.2. The normalized spacial score (nSPS) is 12.3. The Morgan fingerprint density at radius 1 is 0.943 bits per heavy atom. The van der Waals surface area contributed by atoms with Crippen molar-refractivity contribution < 1.29 is 13.6 Å². The minimum Gasteiger partial charge on any atom is -0.457 e. The van der Waals surface area contributed by atoms with Crippen LogP contribution < -0.4 is 5.32 Å². The van der Waals surface area contributed by atoms with Crippen molar-refractivity contribution >= 4 is 28.8 Å². The van der Waals surface area contributed by atoms with Gasteiger partial charge in [0.2, 0.25) is 11.8 Å². The first-order valence-corrected chi connectivity index (χ1v) is 11.7. The molecule has 0 fully saturated rings. The summed E-state index contributed by atoms with van der Waals surface area (Å²) in [5.41, 5.74) is 5.41. The molecule has 5 nitrogen and oxygen atoms in total. The molecule has 1 atom stereocenters. The molecule has 2 heterocycles. The highest BCUT2D eigenvalue weighted by atomic mass is 16.3. The molecule has 0 bridgehead atoms. The second-order valence-electron chi connectivity index (χ2n) is 8.52. The molecule has 0 saturated carbocycles. The summed E-state index contributed by atoms with van der Waals surface area (Å²) in [7, 11) is 0. The van der Waals surface area contributed by atoms with Crippen molar-refractivity contribution in [3.05, 3.63) is 102 Å². The molecule has 0 aliphatic rings. The third-order valence-electron chi connectivity index (χ3n) is 6.08. The summed E-state index contributed by atoms with van der Waals surface area (Å²) < 4.78 is 11.7. The average molecular weight is 463 g/mol. The number of amides is 1. The highest BCUT2D eigenvalue weighted by molar-refractivity contribution is 6.01. The smallest absolute Gasteiger partial charge is 0.248 e. The number of furan rings is 1. The number of fused-ring (bicyclic) bond motifs is 1. The number of benzene rings is 3. The van der Waals surface area contributed by atoms with Crippen LogP contribution in [0.2, 0.25) is 0 Å². The number of rotatable bonds is 7. The summed E-state index contributed by atoms with van der Waals surface area (Å²) in [5, 5.41) is 2.86. The molecule has 0 unspecified atom stereocenters. The second-order valence-corrected chi connectivity index (χ2v) is 8.52. The van der Waals surface area contributed by atoms with Crippen molar-refractivity contribution in [2.75, 3.05) is 5.32 Å². The zero-order valence-corrected chi connectivity index (χ0v) is 19.7. The Labute approximate surface area is 204 Å². The number of aromatic nitrogens is 1. The van der Waals surface area contributed by atoms with Crippen LogP contribution in [-0.4, -0.2) is 10.9 Å². The Kier molecular flexibility index (Phi) is 6.31. The maximum Gasteiger partial charge on any atom is 0.248 e. The lowest BCUT2D eigenvalue weighted by molar-refractivity contribution is -0.111. The van der Waals surface area contributed by atoms with Crippen LogP contribution in [0, 0.1) is 0 Å². The third kappa shape index (κ3) is 5.09. The molecule has 3 aromatic carbocycles. The van der Waals surface area contributed by atoms with Gasteiger partial charge in [-0.05, 0) is 72.5 Å². The molecule has 35 heavy (non-hydrogen) atoms. The number of hydrogen-bond acceptors (Lipinski definition) is 4. The Bertz CT molecular complexity index is 1480. The summed E-state index contributed by atoms with van der Waals surface area (Å²) in [6.45, 7) is 4.39. The van der Waals surface area contributed by atoms with Gasteiger partial charge in [-0.3, -0.25) is 4.79 Å². The number of anilines is 1. The molecule has 0 aliphatic heterocycles. The summed E-state index contributed by atoms with van der Waals surface area (Å²) in [5.74, 6) is 2.18. The molecular formula is C30H26N2O3. The summed E-state index contributed by atoms with van der Waals surface area (Å²) >= 11 is 0. The third-order valence-corrected chi connectivity index (χ3v) is 6.08. The molecule has 5 aromatic rings. The first-order chi connectivity index (χ1) is 17.1. The van der Waals surface area contributed by atoms with Gasteiger partial charge in [0.1, 0.15) is 17.0 Å². The van der Waals surface area contributed by atoms with Crippen molar-refractivity contribution in [3.8, 4) is 22.8 Å². The van der Waals surface area contributed by atoms with Crippen LogP contribution in [0.15, 0.2) is 99.8 Å². The molecule has 0 radical (unpaired) electrons. The van der Waals surface area contributed by atoms with Crippen LogP contribution in [0.3, 0.4) is 0 Å². The van der Waals surface area contributed by atoms with Gasteiger partial charge in [-0.25, -0.2) is 4.98 Å². The average Bonchev–Trinajstić information content (AvgIpc) is 3.55. The van der Waals surface area contributed by atoms with E-state index >= 15 is 0 Å². The lowest BCUT2D eigenvalue weighted by Gasteiger charge is -2.07. The van der Waals surface area contributed by atoms with Gasteiger partial charge in [0.05, 0.1) is 0 Å². The fourth-order valence-corrected chi connectivity index (χ4v) is 3.85. The predicted molar refractivity (Wildman–Crippen MR) is 140 cm³/mol. The van der Waals surface area contributed by atoms with Gasteiger partial charge < -0.3 is 14.2 Å². The van der Waals surface area contributed by atoms with Gasteiger partial charge in [0.25, 0.3) is 0 Å². The van der Waals surface area contributed by atoms with E-state index in [0.29, 0.717) is 23.3 Å². The van der Waals surface area contributed by atoms with Crippen LogP contribution in [0.4, 0.5) is 5.69 Å². The molecule has 0 saturated heterocycles. The molecular weight excluding hydrogens is 436 g/mol. The summed E-state index contributed by atoms with van der Waals surface area (Å²) in [6, 6.07) is 27.2. The van der Waals surface area contributed by atoms with E-state index in [1.165, 1.54) is 11.6 Å². The van der Waals surface area contributed by atoms with E-state index in [1.54, 1.807) is 6.08 Å². The maximum absolute atomic E-state index is 12.4. The van der Waals surface area contributed by atoms with Crippen LogP contribution >= 0.6 is 0 Å². The van der Waals surface area contributed by atoms with Gasteiger partial charge in [0, 0.05) is 22.9 Å². The standard InChI is InChI=1S/C30H26N2O3/c1-3-20(2)23-11-16-28-26(19-23)32-30(35-28)22-9-12-24(13-10-22)31-29(33)18-15-25-14-17-27(34-25)21-7-5-4-6-8-21/h4-20H,3H2,1-2H3,(H,31,33)/b18-15+/t20-/m0/s1. The topological polar surface area (TPSA) is 68.3 Å². The van der Waals surface area contributed by atoms with E-state index in [4.69, 9.17) is 8.83 Å². The number of nitrogens with zero attached hydrogens (tertiary/aromatic N) is 1. The van der Waals surface area contributed by atoms with E-state index in [2.05, 4.69) is 36.3 Å².